The van der Waals surface area contributed by atoms with Crippen LogP contribution >= 0.6 is 0 Å². The number of aliphatic carboxylic acids is 1. The van der Waals surface area contributed by atoms with Crippen molar-refractivity contribution in [3.05, 3.63) is 23.0 Å². The van der Waals surface area contributed by atoms with E-state index in [2.05, 4.69) is 4.98 Å². The van der Waals surface area contributed by atoms with E-state index in [0.29, 0.717) is 6.07 Å². The molecule has 0 aliphatic heterocycles. The van der Waals surface area contributed by atoms with Crippen molar-refractivity contribution in [3.8, 4) is 0 Å². The summed E-state index contributed by atoms with van der Waals surface area (Å²) >= 11 is 0. The fraction of sp³-hybridized carbons (Fsp3) is 0.333. The van der Waals surface area contributed by atoms with E-state index in [-0.39, 0.29) is 0 Å². The number of hydrogen-bond donors (Lipinski definition) is 2. The summed E-state index contributed by atoms with van der Waals surface area (Å²) in [5.74, 6) is -1.47. The van der Waals surface area contributed by atoms with E-state index in [1.165, 1.54) is 0 Å². The Morgan fingerprint density at radius 3 is 2.39 bits per heavy atom. The largest absolute Gasteiger partial charge is 0.481 e. The molecule has 3 N–H and O–H groups in total. The lowest BCUT2D eigenvalue weighted by molar-refractivity contribution is -0.143. The molecule has 0 fully saturated rings. The van der Waals surface area contributed by atoms with Crippen LogP contribution in [0.25, 0.3) is 0 Å². The molecule has 0 amide bonds. The maximum Gasteiger partial charge on any atom is 0.433 e. The molecule has 1 rings (SSSR count). The number of hydrogen-bond acceptors (Lipinski definition) is 3. The van der Waals surface area contributed by atoms with E-state index in [0.717, 1.165) is 0 Å². The van der Waals surface area contributed by atoms with Crippen molar-refractivity contribution >= 4 is 11.7 Å². The van der Waals surface area contributed by atoms with Gasteiger partial charge in [0, 0.05) is 0 Å². The molecule has 0 aliphatic rings. The Kier molecular flexibility index (Phi) is 3.73. The number of halogens is 5. The van der Waals surface area contributed by atoms with Crippen LogP contribution < -0.4 is 5.73 Å². The number of rotatable bonds is 3. The molecular formula is C9H7F5N2O2. The summed E-state index contributed by atoms with van der Waals surface area (Å²) in [5.41, 5.74) is 0.899. The molecule has 0 aromatic carbocycles. The van der Waals surface area contributed by atoms with Gasteiger partial charge in [-0.3, -0.25) is 4.79 Å². The van der Waals surface area contributed by atoms with Crippen molar-refractivity contribution in [2.24, 2.45) is 0 Å². The quantitative estimate of drug-likeness (QED) is 0.826. The lowest BCUT2D eigenvalue weighted by atomic mass is 10.1. The van der Waals surface area contributed by atoms with Gasteiger partial charge in [0.05, 0.1) is 23.4 Å². The molecule has 1 aromatic rings. The summed E-state index contributed by atoms with van der Waals surface area (Å²) in [4.78, 5) is 13.3. The standard InChI is InChI=1S/C9H7F5N2O2/c10-8(11)3-1-4(15)5(2-6(17)18)16-7(3)9(12,13)14/h1,8H,2,15H2,(H,17,18). The van der Waals surface area contributed by atoms with E-state index in [9.17, 15) is 26.7 Å². The predicted octanol–water partition coefficient (Wildman–Crippen LogP) is 2.25. The molecule has 0 saturated heterocycles. The number of aromatic nitrogens is 1. The molecule has 9 heteroatoms. The molecule has 0 radical (unpaired) electrons. The Balaban J connectivity index is 3.40. The Morgan fingerprint density at radius 1 is 1.44 bits per heavy atom. The Morgan fingerprint density at radius 2 is 2.00 bits per heavy atom. The Hall–Kier alpha value is -1.93. The maximum absolute atomic E-state index is 12.5. The van der Waals surface area contributed by atoms with Crippen molar-refractivity contribution < 1.29 is 31.9 Å². The number of pyridine rings is 1. The van der Waals surface area contributed by atoms with Crippen LogP contribution in [0.5, 0.6) is 0 Å². The molecule has 1 heterocycles. The van der Waals surface area contributed by atoms with Crippen molar-refractivity contribution in [2.75, 3.05) is 5.73 Å². The van der Waals surface area contributed by atoms with E-state index in [1.54, 1.807) is 0 Å². The molecular weight excluding hydrogens is 263 g/mol. The van der Waals surface area contributed by atoms with Crippen molar-refractivity contribution in [1.82, 2.24) is 4.98 Å². The Labute approximate surface area is 97.2 Å². The second kappa shape index (κ2) is 4.75. The third-order valence-corrected chi connectivity index (χ3v) is 1.99. The SMILES string of the molecule is Nc1cc(C(F)F)c(C(F)(F)F)nc1CC(=O)O. The maximum atomic E-state index is 12.5. The Bertz CT molecular complexity index is 473. The first kappa shape index (κ1) is 14.1. The highest BCUT2D eigenvalue weighted by Gasteiger charge is 2.38. The predicted molar refractivity (Wildman–Crippen MR) is 49.9 cm³/mol. The first-order chi connectivity index (χ1) is 8.12. The van der Waals surface area contributed by atoms with E-state index >= 15 is 0 Å². The van der Waals surface area contributed by atoms with Crippen LogP contribution in [0.15, 0.2) is 6.07 Å². The van der Waals surface area contributed by atoms with Crippen LogP contribution in [0.4, 0.5) is 27.6 Å². The molecule has 1 aromatic heterocycles. The minimum atomic E-state index is -5.10. The van der Waals surface area contributed by atoms with E-state index < -0.39 is 47.6 Å². The first-order valence-electron chi connectivity index (χ1n) is 4.49. The van der Waals surface area contributed by atoms with Crippen LogP contribution in [0.3, 0.4) is 0 Å². The monoisotopic (exact) mass is 270 g/mol. The van der Waals surface area contributed by atoms with Crippen LogP contribution in [0.1, 0.15) is 23.4 Å². The van der Waals surface area contributed by atoms with Gasteiger partial charge >= 0.3 is 12.1 Å². The average Bonchev–Trinajstić information content (AvgIpc) is 2.17. The highest BCUT2D eigenvalue weighted by atomic mass is 19.4. The third-order valence-electron chi connectivity index (χ3n) is 1.99. The second-order valence-electron chi connectivity index (χ2n) is 3.33. The molecule has 0 saturated carbocycles. The summed E-state index contributed by atoms with van der Waals surface area (Å²) in [5, 5.41) is 8.44. The molecule has 4 nitrogen and oxygen atoms in total. The molecule has 0 spiro atoms. The smallest absolute Gasteiger partial charge is 0.433 e. The number of carboxylic acid groups (broad SMARTS) is 1. The fourth-order valence-electron chi connectivity index (χ4n) is 1.26. The summed E-state index contributed by atoms with van der Waals surface area (Å²) < 4.78 is 62.3. The third kappa shape index (κ3) is 3.05. The van der Waals surface area contributed by atoms with Gasteiger partial charge in [-0.15, -0.1) is 0 Å². The molecule has 100 valence electrons. The van der Waals surface area contributed by atoms with Gasteiger partial charge in [-0.2, -0.15) is 13.2 Å². The second-order valence-corrected chi connectivity index (χ2v) is 3.33. The lowest BCUT2D eigenvalue weighted by Crippen LogP contribution is -2.17. The average molecular weight is 270 g/mol. The lowest BCUT2D eigenvalue weighted by Gasteiger charge is -2.14. The summed E-state index contributed by atoms with van der Waals surface area (Å²) in [6.07, 6.45) is -9.39. The number of nitrogen functional groups attached to an aromatic ring is 1. The molecule has 0 bridgehead atoms. The summed E-state index contributed by atoms with van der Waals surface area (Å²) in [7, 11) is 0. The van der Waals surface area contributed by atoms with Gasteiger partial charge in [0.15, 0.2) is 5.69 Å². The highest BCUT2D eigenvalue weighted by Crippen LogP contribution is 2.36. The van der Waals surface area contributed by atoms with Crippen LogP contribution in [0.2, 0.25) is 0 Å². The number of carboxylic acids is 1. The first-order valence-corrected chi connectivity index (χ1v) is 4.49. The number of alkyl halides is 5. The molecule has 18 heavy (non-hydrogen) atoms. The van der Waals surface area contributed by atoms with Crippen molar-refractivity contribution in [3.63, 3.8) is 0 Å². The highest BCUT2D eigenvalue weighted by molar-refractivity contribution is 5.72. The van der Waals surface area contributed by atoms with Crippen LogP contribution in [-0.2, 0) is 17.4 Å². The molecule has 0 aliphatic carbocycles. The van der Waals surface area contributed by atoms with E-state index in [4.69, 9.17) is 10.8 Å². The number of nitrogens with two attached hydrogens (primary N) is 1. The summed E-state index contributed by atoms with van der Waals surface area (Å²) in [6.45, 7) is 0. The van der Waals surface area contributed by atoms with Gasteiger partial charge < -0.3 is 10.8 Å². The zero-order valence-electron chi connectivity index (χ0n) is 8.63. The van der Waals surface area contributed by atoms with Crippen molar-refractivity contribution in [2.45, 2.75) is 19.0 Å². The van der Waals surface area contributed by atoms with Gasteiger partial charge in [-0.1, -0.05) is 0 Å². The zero-order chi connectivity index (χ0) is 14.1. The van der Waals surface area contributed by atoms with Crippen LogP contribution in [-0.4, -0.2) is 16.1 Å². The van der Waals surface area contributed by atoms with Gasteiger partial charge in [-0.25, -0.2) is 13.8 Å². The number of nitrogens with zero attached hydrogens (tertiary/aromatic N) is 1. The fourth-order valence-corrected chi connectivity index (χ4v) is 1.26. The number of carbonyl (C=O) groups is 1. The van der Waals surface area contributed by atoms with Gasteiger partial charge in [0.2, 0.25) is 0 Å². The normalized spacial score (nSPS) is 11.9. The van der Waals surface area contributed by atoms with Gasteiger partial charge in [0.1, 0.15) is 0 Å². The topological polar surface area (TPSA) is 76.2 Å². The minimum Gasteiger partial charge on any atom is -0.481 e. The van der Waals surface area contributed by atoms with Gasteiger partial charge in [-0.05, 0) is 6.07 Å². The molecule has 0 atom stereocenters. The zero-order valence-corrected chi connectivity index (χ0v) is 8.63. The summed E-state index contributed by atoms with van der Waals surface area (Å²) in [6, 6.07) is 0.402. The van der Waals surface area contributed by atoms with E-state index in [1.807, 2.05) is 0 Å². The minimum absolute atomic E-state index is 0.402. The number of anilines is 1. The molecule has 0 unspecified atom stereocenters. The van der Waals surface area contributed by atoms with Crippen LogP contribution in [0, 0.1) is 0 Å². The van der Waals surface area contributed by atoms with Gasteiger partial charge in [0.25, 0.3) is 6.43 Å². The van der Waals surface area contributed by atoms with Crippen molar-refractivity contribution in [1.29, 1.82) is 0 Å².